The van der Waals surface area contributed by atoms with E-state index in [0.29, 0.717) is 0 Å². The fourth-order valence-electron chi connectivity index (χ4n) is 1.30. The van der Waals surface area contributed by atoms with Crippen molar-refractivity contribution in [1.82, 2.24) is 0 Å². The van der Waals surface area contributed by atoms with Gasteiger partial charge in [-0.1, -0.05) is 23.8 Å². The van der Waals surface area contributed by atoms with E-state index in [1.54, 1.807) is 25.1 Å². The average Bonchev–Trinajstić information content (AvgIpc) is 2.30. The van der Waals surface area contributed by atoms with E-state index < -0.39 is 17.5 Å². The van der Waals surface area contributed by atoms with Gasteiger partial charge >= 0.3 is 11.7 Å². The molecule has 1 rings (SSSR count). The van der Waals surface area contributed by atoms with Crippen LogP contribution in [0.2, 0.25) is 0 Å². The Morgan fingerprint density at radius 2 is 2.12 bits per heavy atom. The molecule has 0 saturated carbocycles. The summed E-state index contributed by atoms with van der Waals surface area (Å²) in [5.41, 5.74) is 9.23. The smallest absolute Gasteiger partial charge is 0.446 e. The van der Waals surface area contributed by atoms with Crippen LogP contribution in [0.5, 0.6) is 0 Å². The minimum Gasteiger partial charge on any atom is -0.457 e. The average molecular weight is 232 g/mol. The summed E-state index contributed by atoms with van der Waals surface area (Å²) in [5.74, 6) is -1.59. The highest BCUT2D eigenvalue weighted by Gasteiger charge is 2.31. The van der Waals surface area contributed by atoms with Crippen molar-refractivity contribution in [3.05, 3.63) is 40.9 Å². The number of esters is 1. The normalized spacial score (nSPS) is 9.29. The van der Waals surface area contributed by atoms with E-state index in [1.165, 1.54) is 0 Å². The van der Waals surface area contributed by atoms with Crippen LogP contribution >= 0.6 is 0 Å². The lowest BCUT2D eigenvalue weighted by atomic mass is 10.0. The number of hydrogen-bond acceptors (Lipinski definition) is 3. The predicted molar refractivity (Wildman–Crippen MR) is 60.8 cm³/mol. The second-order valence-electron chi connectivity index (χ2n) is 3.37. The van der Waals surface area contributed by atoms with Gasteiger partial charge in [0.25, 0.3) is 5.78 Å². The third-order valence-electron chi connectivity index (χ3n) is 2.06. The molecule has 17 heavy (non-hydrogen) atoms. The summed E-state index contributed by atoms with van der Waals surface area (Å²) in [4.78, 5) is 25.9. The van der Waals surface area contributed by atoms with E-state index in [2.05, 4.69) is 9.53 Å². The van der Waals surface area contributed by atoms with Crippen molar-refractivity contribution in [2.24, 2.45) is 0 Å². The molecule has 0 N–H and O–H groups in total. The Labute approximate surface area is 98.6 Å². The van der Waals surface area contributed by atoms with Crippen molar-refractivity contribution < 1.29 is 19.1 Å². The van der Waals surface area contributed by atoms with Crippen molar-refractivity contribution in [3.8, 4) is 0 Å². The highest BCUT2D eigenvalue weighted by molar-refractivity contribution is 6.65. The Balaban J connectivity index is 3.03. The summed E-state index contributed by atoms with van der Waals surface area (Å²) in [5, 5.41) is 0. The topological polar surface area (TPSA) is 79.8 Å². The van der Waals surface area contributed by atoms with Crippen molar-refractivity contribution in [1.29, 1.82) is 0 Å². The largest absolute Gasteiger partial charge is 0.457 e. The molecule has 0 fully saturated rings. The summed E-state index contributed by atoms with van der Waals surface area (Å²) in [6.07, 6.45) is 0. The second-order valence-corrected chi connectivity index (χ2v) is 3.37. The molecule has 0 heterocycles. The minimum absolute atomic E-state index is 0.110. The molecule has 0 aromatic heterocycles. The van der Waals surface area contributed by atoms with Crippen molar-refractivity contribution in [2.75, 3.05) is 6.61 Å². The Bertz CT molecular complexity index is 502. The van der Waals surface area contributed by atoms with Crippen LogP contribution in [-0.4, -0.2) is 28.9 Å². The van der Waals surface area contributed by atoms with Gasteiger partial charge in [0, 0.05) is 5.56 Å². The van der Waals surface area contributed by atoms with Gasteiger partial charge in [0.05, 0.1) is 6.61 Å². The highest BCUT2D eigenvalue weighted by Crippen LogP contribution is 2.06. The van der Waals surface area contributed by atoms with Crippen LogP contribution in [-0.2, 0) is 9.53 Å². The van der Waals surface area contributed by atoms with Crippen molar-refractivity contribution in [3.63, 3.8) is 0 Å². The van der Waals surface area contributed by atoms with Crippen LogP contribution in [0.3, 0.4) is 0 Å². The summed E-state index contributed by atoms with van der Waals surface area (Å²) in [6, 6.07) is 6.64. The lowest BCUT2D eigenvalue weighted by Gasteiger charge is -1.99. The van der Waals surface area contributed by atoms with E-state index in [0.717, 1.165) is 5.56 Å². The summed E-state index contributed by atoms with van der Waals surface area (Å²) < 4.78 is 4.62. The second kappa shape index (κ2) is 5.72. The van der Waals surface area contributed by atoms with Gasteiger partial charge in [-0.15, -0.1) is 0 Å². The third kappa shape index (κ3) is 3.09. The molecular formula is C12H12N2O3. The van der Waals surface area contributed by atoms with Crippen LogP contribution in [0.25, 0.3) is 5.53 Å². The molecule has 0 aliphatic carbocycles. The van der Waals surface area contributed by atoms with Crippen LogP contribution in [0.4, 0.5) is 0 Å². The van der Waals surface area contributed by atoms with Gasteiger partial charge in [-0.05, 0) is 19.9 Å². The van der Waals surface area contributed by atoms with E-state index in [1.807, 2.05) is 13.0 Å². The fourth-order valence-corrected chi connectivity index (χ4v) is 1.30. The standard InChI is InChI=1S/C12H12N2O3/c1-3-17-12(16)10(14-13)11(15)9-6-4-5-8(2)7-9/h4-7H,3H2,1-2H3. The maximum Gasteiger partial charge on any atom is 0.446 e. The van der Waals surface area contributed by atoms with Crippen molar-refractivity contribution >= 4 is 17.5 Å². The third-order valence-corrected chi connectivity index (χ3v) is 2.06. The van der Waals surface area contributed by atoms with Gasteiger partial charge in [-0.25, -0.2) is 4.79 Å². The van der Waals surface area contributed by atoms with Crippen LogP contribution in [0, 0.1) is 6.92 Å². The number of ether oxygens (including phenoxy) is 1. The number of carbonyl (C=O) groups excluding carboxylic acids is 2. The number of hydrogen-bond donors (Lipinski definition) is 0. The Morgan fingerprint density at radius 1 is 1.41 bits per heavy atom. The van der Waals surface area contributed by atoms with Gasteiger partial charge in [-0.2, -0.15) is 4.79 Å². The van der Waals surface area contributed by atoms with Gasteiger partial charge in [0.2, 0.25) is 0 Å². The lowest BCUT2D eigenvalue weighted by Crippen LogP contribution is -2.27. The first-order valence-corrected chi connectivity index (χ1v) is 5.10. The number of rotatable bonds is 4. The Kier molecular flexibility index (Phi) is 4.31. The van der Waals surface area contributed by atoms with E-state index >= 15 is 0 Å². The molecule has 0 spiro atoms. The molecule has 88 valence electrons. The van der Waals surface area contributed by atoms with Crippen LogP contribution in [0.15, 0.2) is 24.3 Å². The first kappa shape index (κ1) is 12.8. The van der Waals surface area contributed by atoms with E-state index in [-0.39, 0.29) is 12.2 Å². The molecule has 5 nitrogen and oxygen atoms in total. The molecule has 0 aliphatic rings. The van der Waals surface area contributed by atoms with Crippen LogP contribution in [0.1, 0.15) is 22.8 Å². The van der Waals surface area contributed by atoms with E-state index in [9.17, 15) is 9.59 Å². The highest BCUT2D eigenvalue weighted by atomic mass is 16.5. The summed E-state index contributed by atoms with van der Waals surface area (Å²) in [7, 11) is 0. The molecule has 0 saturated heterocycles. The van der Waals surface area contributed by atoms with E-state index in [4.69, 9.17) is 5.53 Å². The number of nitrogens with zero attached hydrogens (tertiary/aromatic N) is 2. The van der Waals surface area contributed by atoms with Crippen molar-refractivity contribution in [2.45, 2.75) is 13.8 Å². The maximum atomic E-state index is 11.9. The molecular weight excluding hydrogens is 220 g/mol. The lowest BCUT2D eigenvalue weighted by molar-refractivity contribution is -0.139. The molecule has 0 atom stereocenters. The maximum absolute atomic E-state index is 11.9. The molecule has 0 amide bonds. The summed E-state index contributed by atoms with van der Waals surface area (Å²) >= 11 is 0. The number of ketones is 1. The number of aryl methyl sites for hydroxylation is 1. The zero-order valence-corrected chi connectivity index (χ0v) is 9.64. The number of carbonyl (C=O) groups is 2. The fraction of sp³-hybridized carbons (Fsp3) is 0.250. The first-order valence-electron chi connectivity index (χ1n) is 5.10. The SMILES string of the molecule is CCOC(=O)C(=[N+]=[N-])C(=O)c1cccc(C)c1. The van der Waals surface area contributed by atoms with Gasteiger partial charge in [0.1, 0.15) is 0 Å². The predicted octanol–water partition coefficient (Wildman–Crippen LogP) is 1.41. The zero-order valence-electron chi connectivity index (χ0n) is 9.64. The monoisotopic (exact) mass is 232 g/mol. The zero-order chi connectivity index (χ0) is 12.8. The minimum atomic E-state index is -0.929. The van der Waals surface area contributed by atoms with Crippen LogP contribution < -0.4 is 0 Å². The number of Topliss-reactive ketones (excluding diaryl/α,β-unsaturated/α-hetero) is 1. The quantitative estimate of drug-likeness (QED) is 0.196. The molecule has 5 heteroatoms. The van der Waals surface area contributed by atoms with Gasteiger partial charge in [0.15, 0.2) is 0 Å². The Morgan fingerprint density at radius 3 is 2.65 bits per heavy atom. The number of benzene rings is 1. The first-order chi connectivity index (χ1) is 8.10. The van der Waals surface area contributed by atoms with Gasteiger partial charge < -0.3 is 10.3 Å². The van der Waals surface area contributed by atoms with Gasteiger partial charge in [-0.3, -0.25) is 4.79 Å². The summed E-state index contributed by atoms with van der Waals surface area (Å²) in [6.45, 7) is 3.53. The molecule has 0 bridgehead atoms. The molecule has 0 aliphatic heterocycles. The molecule has 1 aromatic rings. The molecule has 0 radical (unpaired) electrons. The molecule has 1 aromatic carbocycles. The molecule has 0 unspecified atom stereocenters. The Hall–Kier alpha value is -2.26.